The minimum Gasteiger partial charge on any atom is -0.346 e. The van der Waals surface area contributed by atoms with Crippen molar-refractivity contribution in [3.63, 3.8) is 0 Å². The van der Waals surface area contributed by atoms with Crippen molar-refractivity contribution in [2.24, 2.45) is 0 Å². The Morgan fingerprint density at radius 1 is 1.37 bits per heavy atom. The lowest BCUT2D eigenvalue weighted by Crippen LogP contribution is -2.34. The van der Waals surface area contributed by atoms with Gasteiger partial charge in [-0.05, 0) is 19.1 Å². The number of aromatic nitrogens is 2. The van der Waals surface area contributed by atoms with Crippen LogP contribution in [0.2, 0.25) is 0 Å². The van der Waals surface area contributed by atoms with Crippen molar-refractivity contribution in [1.82, 2.24) is 9.38 Å². The highest BCUT2D eigenvalue weighted by atomic mass is 79.9. The van der Waals surface area contributed by atoms with Gasteiger partial charge >= 0.3 is 6.18 Å². The van der Waals surface area contributed by atoms with Gasteiger partial charge in [0, 0.05) is 18.1 Å². The first kappa shape index (κ1) is 14.2. The molecule has 2 aromatic rings. The zero-order valence-corrected chi connectivity index (χ0v) is 11.9. The number of nitrogens with zero attached hydrogens (tertiary/aromatic N) is 3. The van der Waals surface area contributed by atoms with Gasteiger partial charge in [-0.15, -0.1) is 0 Å². The summed E-state index contributed by atoms with van der Waals surface area (Å²) in [7, 11) is 0. The molecule has 0 saturated heterocycles. The molecule has 0 spiro atoms. The minimum atomic E-state index is -4.24. The standard InChI is InChI=1S/C12H13BrF3N3/c1-2-18(8-12(14,15)16)11-9(7-13)19-6-4-3-5-10(19)17-11/h3-6H,2,7-8H2,1H3. The summed E-state index contributed by atoms with van der Waals surface area (Å²) in [5, 5.41) is 0.446. The molecule has 2 rings (SSSR count). The monoisotopic (exact) mass is 335 g/mol. The summed E-state index contributed by atoms with van der Waals surface area (Å²) < 4.78 is 39.5. The van der Waals surface area contributed by atoms with Crippen molar-refractivity contribution in [2.45, 2.75) is 18.4 Å². The predicted molar refractivity (Wildman–Crippen MR) is 71.8 cm³/mol. The Morgan fingerprint density at radius 3 is 2.68 bits per heavy atom. The van der Waals surface area contributed by atoms with E-state index in [1.165, 1.54) is 4.90 Å². The molecule has 0 amide bonds. The molecule has 2 heterocycles. The Morgan fingerprint density at radius 2 is 2.11 bits per heavy atom. The summed E-state index contributed by atoms with van der Waals surface area (Å²) in [5.41, 5.74) is 1.37. The number of halogens is 4. The first-order valence-corrected chi connectivity index (χ1v) is 6.92. The van der Waals surface area contributed by atoms with Crippen LogP contribution >= 0.6 is 15.9 Å². The van der Waals surface area contributed by atoms with E-state index >= 15 is 0 Å². The highest BCUT2D eigenvalue weighted by molar-refractivity contribution is 9.08. The van der Waals surface area contributed by atoms with E-state index in [4.69, 9.17) is 0 Å². The van der Waals surface area contributed by atoms with Crippen LogP contribution in [0.3, 0.4) is 0 Å². The summed E-state index contributed by atoms with van der Waals surface area (Å²) in [5.74, 6) is 0.378. The van der Waals surface area contributed by atoms with Crippen LogP contribution in [0.25, 0.3) is 5.65 Å². The molecule has 0 N–H and O–H groups in total. The molecule has 0 aliphatic carbocycles. The van der Waals surface area contributed by atoms with E-state index in [1.54, 1.807) is 23.6 Å². The number of pyridine rings is 1. The zero-order valence-electron chi connectivity index (χ0n) is 10.3. The van der Waals surface area contributed by atoms with Gasteiger partial charge < -0.3 is 9.30 Å². The molecule has 0 aliphatic rings. The van der Waals surface area contributed by atoms with Gasteiger partial charge in [-0.3, -0.25) is 0 Å². The second-order valence-corrected chi connectivity index (χ2v) is 4.63. The summed E-state index contributed by atoms with van der Waals surface area (Å²) in [6, 6.07) is 5.41. The Kier molecular flexibility index (Phi) is 4.03. The third-order valence-electron chi connectivity index (χ3n) is 2.79. The van der Waals surface area contributed by atoms with E-state index in [1.807, 2.05) is 12.1 Å². The second kappa shape index (κ2) is 5.40. The topological polar surface area (TPSA) is 20.5 Å². The quantitative estimate of drug-likeness (QED) is 0.795. The van der Waals surface area contributed by atoms with Gasteiger partial charge in [0.25, 0.3) is 0 Å². The normalized spacial score (nSPS) is 12.1. The minimum absolute atomic E-state index is 0.253. The van der Waals surface area contributed by atoms with E-state index in [2.05, 4.69) is 20.9 Å². The highest BCUT2D eigenvalue weighted by Gasteiger charge is 2.32. The fourth-order valence-electron chi connectivity index (χ4n) is 1.96. The predicted octanol–water partition coefficient (Wildman–Crippen LogP) is 3.62. The number of alkyl halides is 4. The third kappa shape index (κ3) is 3.02. The van der Waals surface area contributed by atoms with Crippen molar-refractivity contribution in [3.05, 3.63) is 30.1 Å². The van der Waals surface area contributed by atoms with Crippen LogP contribution in [0.1, 0.15) is 12.6 Å². The molecule has 7 heteroatoms. The Hall–Kier alpha value is -1.24. The van der Waals surface area contributed by atoms with Gasteiger partial charge in [0.05, 0.1) is 5.69 Å². The van der Waals surface area contributed by atoms with Gasteiger partial charge in [-0.2, -0.15) is 13.2 Å². The first-order valence-electron chi connectivity index (χ1n) is 5.80. The number of hydrogen-bond donors (Lipinski definition) is 0. The Balaban J connectivity index is 2.47. The van der Waals surface area contributed by atoms with Crippen molar-refractivity contribution in [1.29, 1.82) is 0 Å². The molecule has 0 saturated carbocycles. The van der Waals surface area contributed by atoms with Crippen LogP contribution < -0.4 is 4.90 Å². The van der Waals surface area contributed by atoms with Crippen molar-refractivity contribution in [3.8, 4) is 0 Å². The lowest BCUT2D eigenvalue weighted by atomic mass is 10.4. The molecule has 0 bridgehead atoms. The van der Waals surface area contributed by atoms with E-state index < -0.39 is 12.7 Å². The molecule has 0 unspecified atom stereocenters. The molecule has 0 fully saturated rings. The average Bonchev–Trinajstić information content (AvgIpc) is 2.73. The summed E-state index contributed by atoms with van der Waals surface area (Å²) >= 11 is 3.32. The van der Waals surface area contributed by atoms with Crippen LogP contribution in [0.5, 0.6) is 0 Å². The lowest BCUT2D eigenvalue weighted by molar-refractivity contribution is -0.119. The highest BCUT2D eigenvalue weighted by Crippen LogP contribution is 2.27. The van der Waals surface area contributed by atoms with Gasteiger partial charge in [-0.25, -0.2) is 4.98 Å². The molecule has 0 radical (unpaired) electrons. The molecule has 3 nitrogen and oxygen atoms in total. The van der Waals surface area contributed by atoms with Gasteiger partial charge in [0.1, 0.15) is 12.2 Å². The van der Waals surface area contributed by atoms with Gasteiger partial charge in [-0.1, -0.05) is 22.0 Å². The summed E-state index contributed by atoms with van der Waals surface area (Å²) in [4.78, 5) is 5.54. The van der Waals surface area contributed by atoms with Gasteiger partial charge in [0.15, 0.2) is 5.82 Å². The van der Waals surface area contributed by atoms with E-state index in [0.717, 1.165) is 5.69 Å². The maximum absolute atomic E-state index is 12.6. The summed E-state index contributed by atoms with van der Waals surface area (Å²) in [6.45, 7) is 0.949. The SMILES string of the molecule is CCN(CC(F)(F)F)c1nc2ccccn2c1CBr. The first-order chi connectivity index (χ1) is 8.96. The second-order valence-electron chi connectivity index (χ2n) is 4.07. The largest absolute Gasteiger partial charge is 0.405 e. The molecule has 0 aliphatic heterocycles. The molecule has 0 atom stereocenters. The van der Waals surface area contributed by atoms with Crippen LogP contribution in [0.4, 0.5) is 19.0 Å². The maximum Gasteiger partial charge on any atom is 0.405 e. The number of rotatable bonds is 4. The van der Waals surface area contributed by atoms with Crippen molar-refractivity contribution in [2.75, 3.05) is 18.0 Å². The van der Waals surface area contributed by atoms with E-state index in [9.17, 15) is 13.2 Å². The molecule has 0 aromatic carbocycles. The van der Waals surface area contributed by atoms with Crippen LogP contribution in [0.15, 0.2) is 24.4 Å². The maximum atomic E-state index is 12.6. The van der Waals surface area contributed by atoms with Crippen molar-refractivity contribution < 1.29 is 13.2 Å². The number of hydrogen-bond acceptors (Lipinski definition) is 2. The number of imidazole rings is 1. The molecule has 104 valence electrons. The smallest absolute Gasteiger partial charge is 0.346 e. The van der Waals surface area contributed by atoms with Crippen molar-refractivity contribution >= 4 is 27.4 Å². The number of anilines is 1. The Bertz CT molecular complexity index is 565. The fourth-order valence-corrected chi connectivity index (χ4v) is 2.49. The summed E-state index contributed by atoms with van der Waals surface area (Å²) in [6.07, 6.45) is -2.45. The molecular weight excluding hydrogens is 323 g/mol. The van der Waals surface area contributed by atoms with Crippen LogP contribution in [0, 0.1) is 0 Å². The third-order valence-corrected chi connectivity index (χ3v) is 3.32. The van der Waals surface area contributed by atoms with E-state index in [-0.39, 0.29) is 6.54 Å². The average molecular weight is 336 g/mol. The van der Waals surface area contributed by atoms with E-state index in [0.29, 0.717) is 16.8 Å². The molecule has 19 heavy (non-hydrogen) atoms. The lowest BCUT2D eigenvalue weighted by Gasteiger charge is -2.23. The fraction of sp³-hybridized carbons (Fsp3) is 0.417. The molecular formula is C12H13BrF3N3. The van der Waals surface area contributed by atoms with Crippen LogP contribution in [-0.4, -0.2) is 28.7 Å². The molecule has 2 aromatic heterocycles. The number of fused-ring (bicyclic) bond motifs is 1. The van der Waals surface area contributed by atoms with Gasteiger partial charge in [0.2, 0.25) is 0 Å². The Labute approximate surface area is 117 Å². The van der Waals surface area contributed by atoms with Crippen LogP contribution in [-0.2, 0) is 5.33 Å². The zero-order chi connectivity index (χ0) is 14.0.